The van der Waals surface area contributed by atoms with Gasteiger partial charge in [0.25, 0.3) is 0 Å². The van der Waals surface area contributed by atoms with Crippen molar-refractivity contribution in [3.05, 3.63) is 57.9 Å². The van der Waals surface area contributed by atoms with Crippen molar-refractivity contribution in [1.29, 1.82) is 0 Å². The molecule has 3 rings (SSSR count). The first-order valence-electron chi connectivity index (χ1n) is 8.32. The van der Waals surface area contributed by atoms with E-state index in [4.69, 9.17) is 11.6 Å². The minimum atomic E-state index is -0.583. The summed E-state index contributed by atoms with van der Waals surface area (Å²) in [6, 6.07) is 5.12. The molecule has 0 saturated heterocycles. The molecule has 28 heavy (non-hydrogen) atoms. The largest absolute Gasteiger partial charge is 0.341 e. The molecule has 0 atom stereocenters. The fraction of sp³-hybridized carbons (Fsp3) is 0.222. The van der Waals surface area contributed by atoms with Gasteiger partial charge in [-0.25, -0.2) is 18.8 Å². The second kappa shape index (κ2) is 8.87. The third-order valence-electron chi connectivity index (χ3n) is 4.12. The van der Waals surface area contributed by atoms with E-state index in [2.05, 4.69) is 19.7 Å². The zero-order valence-electron chi connectivity index (χ0n) is 15.1. The molecule has 0 saturated carbocycles. The molecular weight excluding hydrogens is 408 g/mol. The summed E-state index contributed by atoms with van der Waals surface area (Å²) in [5.41, 5.74) is 3.94. The average molecular weight is 426 g/mol. The summed E-state index contributed by atoms with van der Waals surface area (Å²) >= 11 is 7.28. The van der Waals surface area contributed by atoms with Gasteiger partial charge in [0.2, 0.25) is 0 Å². The Balaban J connectivity index is 2.09. The fourth-order valence-corrected chi connectivity index (χ4v) is 3.20. The molecule has 0 aliphatic carbocycles. The zero-order valence-corrected chi connectivity index (χ0v) is 16.7. The van der Waals surface area contributed by atoms with Crippen LogP contribution in [0.15, 0.2) is 29.3 Å². The molecule has 2 aromatic carbocycles. The Morgan fingerprint density at radius 1 is 1.32 bits per heavy atom. The van der Waals surface area contributed by atoms with Crippen LogP contribution in [0.4, 0.5) is 14.5 Å². The molecule has 0 aliphatic rings. The van der Waals surface area contributed by atoms with Crippen LogP contribution < -0.4 is 10.2 Å². The molecule has 0 unspecified atom stereocenters. The molecule has 0 bridgehead atoms. The summed E-state index contributed by atoms with van der Waals surface area (Å²) in [6.07, 6.45) is 2.54. The molecule has 0 radical (unpaired) electrons. The van der Waals surface area contributed by atoms with Crippen molar-refractivity contribution in [2.45, 2.75) is 13.3 Å². The third-order valence-corrected chi connectivity index (χ3v) is 4.90. The van der Waals surface area contributed by atoms with Crippen LogP contribution in [-0.2, 0) is 6.42 Å². The van der Waals surface area contributed by atoms with Crippen LogP contribution in [0.5, 0.6) is 0 Å². The van der Waals surface area contributed by atoms with Crippen LogP contribution in [0.2, 0.25) is 5.02 Å². The van der Waals surface area contributed by atoms with E-state index in [1.54, 1.807) is 6.92 Å². The number of nitrogens with zero attached hydrogens (tertiary/aromatic N) is 2. The zero-order chi connectivity index (χ0) is 20.3. The van der Waals surface area contributed by atoms with E-state index in [1.165, 1.54) is 30.1 Å². The number of rotatable bonds is 6. The summed E-state index contributed by atoms with van der Waals surface area (Å²) in [5, 5.41) is 9.50. The Kier molecular flexibility index (Phi) is 6.50. The topological polar surface area (TPSA) is 85.3 Å². The molecule has 1 aromatic heterocycles. The number of aryl methyl sites for hydroxylation is 1. The second-order valence-electron chi connectivity index (χ2n) is 5.96. The Bertz CT molecular complexity index is 1040. The van der Waals surface area contributed by atoms with E-state index in [9.17, 15) is 14.0 Å². The van der Waals surface area contributed by atoms with Gasteiger partial charge >= 0.3 is 0 Å². The Labute approximate surface area is 169 Å². The van der Waals surface area contributed by atoms with Crippen LogP contribution in [0.1, 0.15) is 17.0 Å². The minimum absolute atomic E-state index is 0.0241. The summed E-state index contributed by atoms with van der Waals surface area (Å²) in [7, 11) is 0. The highest BCUT2D eigenvalue weighted by Crippen LogP contribution is 2.26. The lowest BCUT2D eigenvalue weighted by molar-refractivity contribution is 0.235. The second-order valence-corrected chi connectivity index (χ2v) is 7.06. The normalized spacial score (nSPS) is 12.0. The SMILES string of the molecule is CSNCCc1nc2c(C)c(F)cc(C(=Nc3ccc(F)c(Cl)c3)NO)c2[nH]1. The molecule has 6 nitrogen and oxygen atoms in total. The number of aromatic amines is 1. The van der Waals surface area contributed by atoms with E-state index >= 15 is 0 Å². The van der Waals surface area contributed by atoms with Crippen molar-refractivity contribution < 1.29 is 14.0 Å². The lowest BCUT2D eigenvalue weighted by atomic mass is 10.1. The van der Waals surface area contributed by atoms with Crippen molar-refractivity contribution in [2.24, 2.45) is 4.99 Å². The predicted octanol–water partition coefficient (Wildman–Crippen LogP) is 4.27. The minimum Gasteiger partial charge on any atom is -0.341 e. The van der Waals surface area contributed by atoms with Gasteiger partial charge in [-0.3, -0.25) is 15.4 Å². The number of hydroxylamine groups is 1. The molecule has 10 heteroatoms. The lowest BCUT2D eigenvalue weighted by Gasteiger charge is -2.09. The van der Waals surface area contributed by atoms with Gasteiger partial charge in [0.1, 0.15) is 17.5 Å². The smallest absolute Gasteiger partial charge is 0.159 e. The van der Waals surface area contributed by atoms with Gasteiger partial charge < -0.3 is 4.98 Å². The number of amidine groups is 1. The van der Waals surface area contributed by atoms with Gasteiger partial charge in [-0.15, -0.1) is 0 Å². The number of hydrogen-bond acceptors (Lipinski definition) is 5. The summed E-state index contributed by atoms with van der Waals surface area (Å²) in [5.74, 6) is -0.416. The van der Waals surface area contributed by atoms with Gasteiger partial charge in [0.05, 0.1) is 21.7 Å². The number of aliphatic imine (C=N–C) groups is 1. The molecule has 3 aromatic rings. The van der Waals surface area contributed by atoms with Crippen molar-refractivity contribution in [2.75, 3.05) is 12.8 Å². The molecule has 0 amide bonds. The van der Waals surface area contributed by atoms with Crippen LogP contribution in [0.25, 0.3) is 11.0 Å². The number of fused-ring (bicyclic) bond motifs is 1. The number of aromatic nitrogens is 2. The van der Waals surface area contributed by atoms with Crippen LogP contribution in [0.3, 0.4) is 0 Å². The van der Waals surface area contributed by atoms with Crippen LogP contribution in [0, 0.1) is 18.6 Å². The summed E-state index contributed by atoms with van der Waals surface area (Å²) < 4.78 is 31.0. The van der Waals surface area contributed by atoms with Crippen molar-refractivity contribution in [3.8, 4) is 0 Å². The van der Waals surface area contributed by atoms with E-state index in [1.807, 2.05) is 11.7 Å². The first-order valence-corrected chi connectivity index (χ1v) is 9.92. The number of H-pyrrole nitrogens is 1. The summed E-state index contributed by atoms with van der Waals surface area (Å²) in [4.78, 5) is 11.9. The highest BCUT2D eigenvalue weighted by molar-refractivity contribution is 7.96. The van der Waals surface area contributed by atoms with Gasteiger partial charge in [0.15, 0.2) is 5.84 Å². The van der Waals surface area contributed by atoms with Gasteiger partial charge in [-0.1, -0.05) is 23.5 Å². The molecular formula is C18H18ClF2N5OS. The van der Waals surface area contributed by atoms with Crippen LogP contribution >= 0.6 is 23.5 Å². The number of nitrogens with one attached hydrogen (secondary N) is 3. The van der Waals surface area contributed by atoms with Crippen molar-refractivity contribution >= 4 is 46.1 Å². The number of benzene rings is 2. The molecule has 0 spiro atoms. The Morgan fingerprint density at radius 2 is 2.11 bits per heavy atom. The van der Waals surface area contributed by atoms with E-state index in [-0.39, 0.29) is 16.4 Å². The summed E-state index contributed by atoms with van der Waals surface area (Å²) in [6.45, 7) is 2.32. The maximum atomic E-state index is 14.5. The molecule has 1 heterocycles. The van der Waals surface area contributed by atoms with Crippen molar-refractivity contribution in [1.82, 2.24) is 20.2 Å². The maximum Gasteiger partial charge on any atom is 0.159 e. The lowest BCUT2D eigenvalue weighted by Crippen LogP contribution is -2.21. The predicted molar refractivity (Wildman–Crippen MR) is 109 cm³/mol. The first kappa shape index (κ1) is 20.5. The Morgan fingerprint density at radius 3 is 2.79 bits per heavy atom. The van der Waals surface area contributed by atoms with Crippen LogP contribution in [-0.4, -0.2) is 33.8 Å². The highest BCUT2D eigenvalue weighted by Gasteiger charge is 2.18. The number of halogens is 3. The Hall–Kier alpha value is -2.20. The monoisotopic (exact) mass is 425 g/mol. The maximum absolute atomic E-state index is 14.5. The third kappa shape index (κ3) is 4.27. The quantitative estimate of drug-likeness (QED) is 0.156. The van der Waals surface area contributed by atoms with Gasteiger partial charge in [0, 0.05) is 24.1 Å². The molecule has 148 valence electrons. The van der Waals surface area contributed by atoms with Crippen molar-refractivity contribution in [3.63, 3.8) is 0 Å². The molecule has 4 N–H and O–H groups in total. The fourth-order valence-electron chi connectivity index (χ4n) is 2.71. The number of hydrogen-bond donors (Lipinski definition) is 4. The van der Waals surface area contributed by atoms with E-state index in [0.29, 0.717) is 41.1 Å². The van der Waals surface area contributed by atoms with E-state index < -0.39 is 11.6 Å². The molecule has 0 fully saturated rings. The van der Waals surface area contributed by atoms with E-state index in [0.717, 1.165) is 6.07 Å². The van der Waals surface area contributed by atoms with Gasteiger partial charge in [-0.05, 0) is 37.4 Å². The average Bonchev–Trinajstić information content (AvgIpc) is 3.10. The molecule has 0 aliphatic heterocycles. The van der Waals surface area contributed by atoms with Gasteiger partial charge in [-0.2, -0.15) is 0 Å². The number of imidazole rings is 1. The first-order chi connectivity index (χ1) is 13.4. The standard InChI is InChI=1S/C18H18ClF2N5OS/c1-9-14(21)8-11(17-16(9)24-15(25-17)5-6-22-28-2)18(26-27)23-10-3-4-13(20)12(19)7-10/h3-4,7-8,22,27H,5-6H2,1-2H3,(H,23,26)(H,24,25). The highest BCUT2D eigenvalue weighted by atomic mass is 35.5.